The fourth-order valence-electron chi connectivity index (χ4n) is 0.369. The van der Waals surface area contributed by atoms with Crippen LogP contribution in [0.4, 0.5) is 0 Å². The van der Waals surface area contributed by atoms with Crippen LogP contribution in [0.3, 0.4) is 0 Å². The van der Waals surface area contributed by atoms with Gasteiger partial charge in [-0.05, 0) is 6.42 Å². The largest absolute Gasteiger partial charge is 0.478 e. The summed E-state index contributed by atoms with van der Waals surface area (Å²) in [5, 5.41) is 8.08. The lowest BCUT2D eigenvalue weighted by Gasteiger charge is -1.80. The summed E-state index contributed by atoms with van der Waals surface area (Å²) >= 11 is 0. The van der Waals surface area contributed by atoms with Crippen LogP contribution in [0, 0.1) is 0 Å². The molecule has 0 aromatic heterocycles. The Morgan fingerprint density at radius 3 is 2.90 bits per heavy atom. The van der Waals surface area contributed by atoms with Crippen LogP contribution in [0.1, 0.15) is 6.42 Å². The van der Waals surface area contributed by atoms with Crippen LogP contribution in [-0.2, 0) is 9.59 Å². The van der Waals surface area contributed by atoms with E-state index in [0.717, 1.165) is 6.08 Å². The number of carboxylic acids is 1. The van der Waals surface area contributed by atoms with E-state index in [1.807, 2.05) is 0 Å². The van der Waals surface area contributed by atoms with Crippen molar-refractivity contribution in [2.24, 2.45) is 4.99 Å². The van der Waals surface area contributed by atoms with Crippen LogP contribution in [0.5, 0.6) is 0 Å². The van der Waals surface area contributed by atoms with E-state index >= 15 is 0 Å². The molecule has 0 amide bonds. The van der Waals surface area contributed by atoms with Gasteiger partial charge in [-0.15, -0.1) is 0 Å². The molecule has 1 N–H and O–H groups in total. The zero-order valence-electron chi connectivity index (χ0n) is 5.28. The number of carbonyl (C=O) groups excluding carboxylic acids is 1. The second kappa shape index (κ2) is 5.72. The van der Waals surface area contributed by atoms with Gasteiger partial charge in [-0.1, -0.05) is 6.08 Å². The van der Waals surface area contributed by atoms with Crippen molar-refractivity contribution in [1.29, 1.82) is 0 Å². The summed E-state index contributed by atoms with van der Waals surface area (Å²) in [6, 6.07) is 0. The van der Waals surface area contributed by atoms with Gasteiger partial charge < -0.3 is 5.11 Å². The number of aliphatic imine (C=N–C) groups is 1. The van der Waals surface area contributed by atoms with E-state index in [1.54, 1.807) is 0 Å². The number of hydrogen-bond donors (Lipinski definition) is 1. The third-order valence-electron chi connectivity index (χ3n) is 0.733. The molecule has 0 fully saturated rings. The van der Waals surface area contributed by atoms with Crippen LogP contribution in [-0.4, -0.2) is 23.7 Å². The molecule has 54 valence electrons. The topological polar surface area (TPSA) is 66.7 Å². The molecule has 0 rings (SSSR count). The Balaban J connectivity index is 3.35. The van der Waals surface area contributed by atoms with Crippen LogP contribution in [0.25, 0.3) is 0 Å². The molecule has 4 nitrogen and oxygen atoms in total. The molecule has 0 aromatic carbocycles. The minimum absolute atomic E-state index is 0.299. The summed E-state index contributed by atoms with van der Waals surface area (Å²) < 4.78 is 0. The number of aliphatic carboxylic acids is 1. The van der Waals surface area contributed by atoms with E-state index in [9.17, 15) is 9.59 Å². The van der Waals surface area contributed by atoms with Gasteiger partial charge in [0.25, 0.3) is 0 Å². The van der Waals surface area contributed by atoms with Crippen LogP contribution in [0.15, 0.2) is 17.1 Å². The van der Waals surface area contributed by atoms with E-state index < -0.39 is 5.97 Å². The Bertz CT molecular complexity index is 179. The summed E-state index contributed by atoms with van der Waals surface area (Å²) in [7, 11) is 0. The maximum atomic E-state index is 9.84. The van der Waals surface area contributed by atoms with Gasteiger partial charge in [0.1, 0.15) is 0 Å². The molecule has 0 bridgehead atoms. The number of isocyanates is 1. The number of hydrogen-bond acceptors (Lipinski definition) is 3. The van der Waals surface area contributed by atoms with Gasteiger partial charge in [0.15, 0.2) is 0 Å². The molecule has 0 unspecified atom stereocenters. The van der Waals surface area contributed by atoms with Gasteiger partial charge in [0.2, 0.25) is 6.08 Å². The summed E-state index contributed by atoms with van der Waals surface area (Å²) in [4.78, 5) is 22.5. The number of rotatable bonds is 4. The van der Waals surface area contributed by atoms with Crippen molar-refractivity contribution >= 4 is 12.0 Å². The number of carboxylic acid groups (broad SMARTS) is 1. The van der Waals surface area contributed by atoms with Crippen molar-refractivity contribution in [2.75, 3.05) is 6.54 Å². The fraction of sp³-hybridized carbons (Fsp3) is 0.333. The predicted molar refractivity (Wildman–Crippen MR) is 34.4 cm³/mol. The van der Waals surface area contributed by atoms with Crippen LogP contribution < -0.4 is 0 Å². The minimum atomic E-state index is -0.991. The van der Waals surface area contributed by atoms with Crippen molar-refractivity contribution < 1.29 is 14.7 Å². The van der Waals surface area contributed by atoms with Gasteiger partial charge in [0, 0.05) is 6.08 Å². The first-order chi connectivity index (χ1) is 4.77. The molecule has 0 heterocycles. The van der Waals surface area contributed by atoms with E-state index in [1.165, 1.54) is 12.2 Å². The summed E-state index contributed by atoms with van der Waals surface area (Å²) in [5.41, 5.74) is 0. The zero-order valence-corrected chi connectivity index (χ0v) is 5.28. The molecule has 0 atom stereocenters. The first-order valence-corrected chi connectivity index (χ1v) is 2.70. The fourth-order valence-corrected chi connectivity index (χ4v) is 0.369. The summed E-state index contributed by atoms with van der Waals surface area (Å²) in [5.74, 6) is -0.991. The molecule has 0 aromatic rings. The summed E-state index contributed by atoms with van der Waals surface area (Å²) in [6.07, 6.45) is 4.26. The van der Waals surface area contributed by atoms with E-state index in [4.69, 9.17) is 5.11 Å². The highest BCUT2D eigenvalue weighted by atomic mass is 16.4. The second-order valence-corrected chi connectivity index (χ2v) is 1.50. The van der Waals surface area contributed by atoms with E-state index in [0.29, 0.717) is 13.0 Å². The van der Waals surface area contributed by atoms with E-state index in [-0.39, 0.29) is 0 Å². The zero-order chi connectivity index (χ0) is 7.82. The SMILES string of the molecule is O=C=NCCC=CC(=O)O. The quantitative estimate of drug-likeness (QED) is 0.266. The van der Waals surface area contributed by atoms with Gasteiger partial charge in [0.05, 0.1) is 6.54 Å². The third-order valence-corrected chi connectivity index (χ3v) is 0.733. The van der Waals surface area contributed by atoms with Crippen molar-refractivity contribution in [1.82, 2.24) is 0 Å². The number of carbonyl (C=O) groups is 1. The Morgan fingerprint density at radius 2 is 2.40 bits per heavy atom. The standard InChI is InChI=1S/C6H7NO3/c8-5-7-4-2-1-3-6(9)10/h1,3H,2,4H2,(H,9,10). The smallest absolute Gasteiger partial charge is 0.327 e. The lowest BCUT2D eigenvalue weighted by Crippen LogP contribution is -1.86. The van der Waals surface area contributed by atoms with Crippen molar-refractivity contribution in [3.63, 3.8) is 0 Å². The first kappa shape index (κ1) is 8.59. The Hall–Kier alpha value is -1.41. The molecule has 0 radical (unpaired) electrons. The Kier molecular flexibility index (Phi) is 4.91. The molecule has 10 heavy (non-hydrogen) atoms. The molecule has 0 aliphatic carbocycles. The average Bonchev–Trinajstić information content (AvgIpc) is 1.87. The lowest BCUT2D eigenvalue weighted by atomic mass is 10.4. The predicted octanol–water partition coefficient (Wildman–Crippen LogP) is 0.353. The number of nitrogens with zero attached hydrogens (tertiary/aromatic N) is 1. The minimum Gasteiger partial charge on any atom is -0.478 e. The summed E-state index contributed by atoms with van der Waals surface area (Å²) in [6.45, 7) is 0.299. The molecule has 0 saturated heterocycles. The van der Waals surface area contributed by atoms with Crippen molar-refractivity contribution in [3.8, 4) is 0 Å². The molecule has 0 saturated carbocycles. The third kappa shape index (κ3) is 6.59. The maximum absolute atomic E-state index is 9.84. The van der Waals surface area contributed by atoms with Crippen molar-refractivity contribution in [2.45, 2.75) is 6.42 Å². The Morgan fingerprint density at radius 1 is 1.70 bits per heavy atom. The van der Waals surface area contributed by atoms with Crippen molar-refractivity contribution in [3.05, 3.63) is 12.2 Å². The second-order valence-electron chi connectivity index (χ2n) is 1.50. The highest BCUT2D eigenvalue weighted by Gasteiger charge is 1.83. The van der Waals surface area contributed by atoms with Gasteiger partial charge in [-0.3, -0.25) is 0 Å². The van der Waals surface area contributed by atoms with Gasteiger partial charge in [-0.2, -0.15) is 0 Å². The molecule has 0 aliphatic rings. The molecule has 0 aliphatic heterocycles. The highest BCUT2D eigenvalue weighted by Crippen LogP contribution is 1.82. The lowest BCUT2D eigenvalue weighted by molar-refractivity contribution is -0.131. The monoisotopic (exact) mass is 141 g/mol. The maximum Gasteiger partial charge on any atom is 0.327 e. The van der Waals surface area contributed by atoms with E-state index in [2.05, 4.69) is 4.99 Å². The van der Waals surface area contributed by atoms with Crippen LogP contribution in [0.2, 0.25) is 0 Å². The molecule has 4 heteroatoms. The van der Waals surface area contributed by atoms with Gasteiger partial charge >= 0.3 is 5.97 Å². The molecule has 0 spiro atoms. The molecular formula is C6H7NO3. The van der Waals surface area contributed by atoms with Crippen LogP contribution >= 0.6 is 0 Å². The molecular weight excluding hydrogens is 134 g/mol. The average molecular weight is 141 g/mol. The first-order valence-electron chi connectivity index (χ1n) is 2.70. The Labute approximate surface area is 57.9 Å². The van der Waals surface area contributed by atoms with Gasteiger partial charge in [-0.25, -0.2) is 14.6 Å². The highest BCUT2D eigenvalue weighted by molar-refractivity contribution is 5.79. The normalized spacial score (nSPS) is 9.20.